The molecule has 1 N–H and O–H groups in total. The quantitative estimate of drug-likeness (QED) is 0.866. The van der Waals surface area contributed by atoms with Gasteiger partial charge in [-0.1, -0.05) is 6.07 Å². The molecule has 0 atom stereocenters. The van der Waals surface area contributed by atoms with Crippen molar-refractivity contribution in [1.29, 1.82) is 0 Å². The van der Waals surface area contributed by atoms with E-state index in [-0.39, 0.29) is 0 Å². The third-order valence-electron chi connectivity index (χ3n) is 2.97. The molecule has 112 valence electrons. The molecular weight excluding hydrogens is 268 g/mol. The molecule has 0 radical (unpaired) electrons. The zero-order valence-corrected chi connectivity index (χ0v) is 12.8. The van der Waals surface area contributed by atoms with Crippen LogP contribution in [-0.2, 0) is 6.54 Å². The number of rotatable bonds is 6. The van der Waals surface area contributed by atoms with Crippen LogP contribution in [0, 0.1) is 6.92 Å². The van der Waals surface area contributed by atoms with E-state index >= 15 is 0 Å². The van der Waals surface area contributed by atoms with Gasteiger partial charge >= 0.3 is 6.01 Å². The van der Waals surface area contributed by atoms with Crippen molar-refractivity contribution in [2.45, 2.75) is 20.4 Å². The summed E-state index contributed by atoms with van der Waals surface area (Å²) in [5, 5.41) is 2.91. The molecule has 0 unspecified atom stereocenters. The van der Waals surface area contributed by atoms with Crippen LogP contribution in [0.15, 0.2) is 18.2 Å². The first-order valence-electron chi connectivity index (χ1n) is 6.81. The molecule has 0 aliphatic carbocycles. The number of hydrogen-bond donors (Lipinski definition) is 1. The number of nitrogens with one attached hydrogen (secondary N) is 1. The average Bonchev–Trinajstić information content (AvgIpc) is 2.52. The SMILES string of the molecule is CCN(Cc1cccc(C)n1)c1nc(NC)nc(OC)n1. The van der Waals surface area contributed by atoms with E-state index in [1.54, 1.807) is 7.05 Å². The highest BCUT2D eigenvalue weighted by atomic mass is 16.5. The first-order chi connectivity index (χ1) is 10.2. The van der Waals surface area contributed by atoms with Gasteiger partial charge in [0.05, 0.1) is 19.3 Å². The fraction of sp³-hybridized carbons (Fsp3) is 0.429. The lowest BCUT2D eigenvalue weighted by Crippen LogP contribution is -2.25. The summed E-state index contributed by atoms with van der Waals surface area (Å²) in [5.74, 6) is 1.05. The van der Waals surface area contributed by atoms with E-state index in [2.05, 4.69) is 25.3 Å². The summed E-state index contributed by atoms with van der Waals surface area (Å²) in [6.45, 7) is 5.41. The minimum absolute atomic E-state index is 0.292. The van der Waals surface area contributed by atoms with E-state index in [0.29, 0.717) is 24.5 Å². The number of hydrogen-bond acceptors (Lipinski definition) is 7. The molecule has 0 bridgehead atoms. The van der Waals surface area contributed by atoms with Crippen molar-refractivity contribution in [3.63, 3.8) is 0 Å². The summed E-state index contributed by atoms with van der Waals surface area (Å²) in [5.41, 5.74) is 1.97. The van der Waals surface area contributed by atoms with Gasteiger partial charge in [-0.3, -0.25) is 4.98 Å². The van der Waals surface area contributed by atoms with Gasteiger partial charge in [0, 0.05) is 19.3 Å². The van der Waals surface area contributed by atoms with Crippen molar-refractivity contribution in [2.24, 2.45) is 0 Å². The summed E-state index contributed by atoms with van der Waals surface area (Å²) in [6, 6.07) is 6.26. The molecule has 0 aliphatic rings. The molecule has 2 aromatic heterocycles. The van der Waals surface area contributed by atoms with E-state index in [1.165, 1.54) is 7.11 Å². The van der Waals surface area contributed by atoms with Crippen LogP contribution < -0.4 is 15.0 Å². The van der Waals surface area contributed by atoms with Crippen molar-refractivity contribution in [3.8, 4) is 6.01 Å². The van der Waals surface area contributed by atoms with Crippen LogP contribution in [0.4, 0.5) is 11.9 Å². The smallest absolute Gasteiger partial charge is 0.322 e. The minimum Gasteiger partial charge on any atom is -0.467 e. The fourth-order valence-corrected chi connectivity index (χ4v) is 1.90. The highest BCUT2D eigenvalue weighted by Gasteiger charge is 2.13. The van der Waals surface area contributed by atoms with Crippen molar-refractivity contribution in [2.75, 3.05) is 30.9 Å². The number of anilines is 2. The zero-order valence-electron chi connectivity index (χ0n) is 12.8. The zero-order chi connectivity index (χ0) is 15.2. The van der Waals surface area contributed by atoms with Gasteiger partial charge < -0.3 is 15.0 Å². The van der Waals surface area contributed by atoms with E-state index in [0.717, 1.165) is 17.9 Å². The van der Waals surface area contributed by atoms with E-state index in [4.69, 9.17) is 4.74 Å². The van der Waals surface area contributed by atoms with Crippen molar-refractivity contribution in [1.82, 2.24) is 19.9 Å². The van der Waals surface area contributed by atoms with Crippen molar-refractivity contribution in [3.05, 3.63) is 29.6 Å². The standard InChI is InChI=1S/C14H20N6O/c1-5-20(9-11-8-6-7-10(2)16-11)13-17-12(15-3)18-14(19-13)21-4/h6-8H,5,9H2,1-4H3,(H,15,17,18,19). The van der Waals surface area contributed by atoms with Crippen LogP contribution in [0.3, 0.4) is 0 Å². The van der Waals surface area contributed by atoms with Gasteiger partial charge in [0.15, 0.2) is 0 Å². The Kier molecular flexibility index (Phi) is 4.86. The predicted octanol–water partition coefficient (Wildman–Crippen LogP) is 1.65. The van der Waals surface area contributed by atoms with Gasteiger partial charge in [-0.05, 0) is 26.0 Å². The van der Waals surface area contributed by atoms with Crippen LogP contribution in [0.25, 0.3) is 0 Å². The van der Waals surface area contributed by atoms with Crippen molar-refractivity contribution < 1.29 is 4.74 Å². The molecule has 7 heteroatoms. The lowest BCUT2D eigenvalue weighted by atomic mass is 10.3. The molecule has 21 heavy (non-hydrogen) atoms. The highest BCUT2D eigenvalue weighted by molar-refractivity contribution is 5.38. The van der Waals surface area contributed by atoms with E-state index in [9.17, 15) is 0 Å². The molecule has 0 saturated carbocycles. The van der Waals surface area contributed by atoms with Crippen LogP contribution in [0.5, 0.6) is 6.01 Å². The summed E-state index contributed by atoms with van der Waals surface area (Å²) in [4.78, 5) is 19.3. The molecule has 7 nitrogen and oxygen atoms in total. The molecule has 0 aromatic carbocycles. The number of nitrogens with zero attached hydrogens (tertiary/aromatic N) is 5. The molecule has 0 spiro atoms. The monoisotopic (exact) mass is 288 g/mol. The predicted molar refractivity (Wildman–Crippen MR) is 81.6 cm³/mol. The molecule has 0 amide bonds. The third kappa shape index (κ3) is 3.77. The molecule has 2 heterocycles. The fourth-order valence-electron chi connectivity index (χ4n) is 1.90. The van der Waals surface area contributed by atoms with Gasteiger partial charge in [0.1, 0.15) is 0 Å². The van der Waals surface area contributed by atoms with Gasteiger partial charge in [-0.2, -0.15) is 15.0 Å². The number of ether oxygens (including phenoxy) is 1. The highest BCUT2D eigenvalue weighted by Crippen LogP contribution is 2.16. The molecule has 2 aromatic rings. The average molecular weight is 288 g/mol. The number of pyridine rings is 1. The molecular formula is C14H20N6O. The topological polar surface area (TPSA) is 76.1 Å². The second kappa shape index (κ2) is 6.83. The van der Waals surface area contributed by atoms with Crippen LogP contribution in [-0.4, -0.2) is 40.6 Å². The maximum Gasteiger partial charge on any atom is 0.322 e. The first-order valence-corrected chi connectivity index (χ1v) is 6.81. The Balaban J connectivity index is 2.28. The Hall–Kier alpha value is -2.44. The lowest BCUT2D eigenvalue weighted by molar-refractivity contribution is 0.378. The van der Waals surface area contributed by atoms with Gasteiger partial charge in [0.2, 0.25) is 11.9 Å². The third-order valence-corrected chi connectivity index (χ3v) is 2.97. The summed E-state index contributed by atoms with van der Waals surface area (Å²) >= 11 is 0. The number of methoxy groups -OCH3 is 1. The maximum absolute atomic E-state index is 5.12. The summed E-state index contributed by atoms with van der Waals surface area (Å²) in [7, 11) is 3.30. The molecule has 0 fully saturated rings. The second-order valence-corrected chi connectivity index (χ2v) is 4.48. The van der Waals surface area contributed by atoms with Gasteiger partial charge in [0.25, 0.3) is 0 Å². The van der Waals surface area contributed by atoms with E-state index in [1.807, 2.05) is 36.9 Å². The maximum atomic E-state index is 5.12. The first kappa shape index (κ1) is 15.0. The summed E-state index contributed by atoms with van der Waals surface area (Å²) in [6.07, 6.45) is 0. The lowest BCUT2D eigenvalue weighted by Gasteiger charge is -2.21. The Morgan fingerprint density at radius 3 is 2.62 bits per heavy atom. The van der Waals surface area contributed by atoms with E-state index < -0.39 is 0 Å². The Morgan fingerprint density at radius 2 is 2.00 bits per heavy atom. The molecule has 0 saturated heterocycles. The Morgan fingerprint density at radius 1 is 1.19 bits per heavy atom. The molecule has 2 rings (SSSR count). The van der Waals surface area contributed by atoms with Crippen molar-refractivity contribution >= 4 is 11.9 Å². The van der Waals surface area contributed by atoms with Crippen LogP contribution >= 0.6 is 0 Å². The Labute approximate surface area is 124 Å². The van der Waals surface area contributed by atoms with Gasteiger partial charge in [-0.15, -0.1) is 0 Å². The van der Waals surface area contributed by atoms with Crippen LogP contribution in [0.2, 0.25) is 0 Å². The minimum atomic E-state index is 0.292. The molecule has 0 aliphatic heterocycles. The number of aromatic nitrogens is 4. The normalized spacial score (nSPS) is 10.3. The Bertz CT molecular complexity index is 582. The second-order valence-electron chi connectivity index (χ2n) is 4.48. The van der Waals surface area contributed by atoms with Gasteiger partial charge in [-0.25, -0.2) is 0 Å². The summed E-state index contributed by atoms with van der Waals surface area (Å²) < 4.78 is 5.12. The number of aryl methyl sites for hydroxylation is 1. The largest absolute Gasteiger partial charge is 0.467 e. The van der Waals surface area contributed by atoms with Crippen LogP contribution in [0.1, 0.15) is 18.3 Å².